The SMILES string of the molecule is O=C(Nc1ccccc1)C1CCC(=O)N1c1ccc(Cl)cc1. The molecule has 2 aromatic carbocycles. The minimum Gasteiger partial charge on any atom is -0.324 e. The van der Waals surface area contributed by atoms with Crippen LogP contribution in [-0.2, 0) is 9.59 Å². The maximum atomic E-state index is 12.5. The van der Waals surface area contributed by atoms with Crippen molar-refractivity contribution in [3.63, 3.8) is 0 Å². The highest BCUT2D eigenvalue weighted by Crippen LogP contribution is 2.28. The van der Waals surface area contributed by atoms with Gasteiger partial charge in [0.15, 0.2) is 0 Å². The molecule has 112 valence electrons. The standard InChI is InChI=1S/C17H15ClN2O2/c18-12-6-8-14(9-7-12)20-15(10-11-16(20)21)17(22)19-13-4-2-1-3-5-13/h1-9,15H,10-11H2,(H,19,22). The Morgan fingerprint density at radius 2 is 1.77 bits per heavy atom. The van der Waals surface area contributed by atoms with Crippen LogP contribution in [0.25, 0.3) is 0 Å². The lowest BCUT2D eigenvalue weighted by Crippen LogP contribution is -2.41. The van der Waals surface area contributed by atoms with Gasteiger partial charge >= 0.3 is 0 Å². The molecule has 1 unspecified atom stereocenters. The number of carbonyl (C=O) groups is 2. The first kappa shape index (κ1) is 14.6. The van der Waals surface area contributed by atoms with E-state index in [-0.39, 0.29) is 11.8 Å². The third kappa shape index (κ3) is 2.97. The van der Waals surface area contributed by atoms with Crippen LogP contribution in [0.3, 0.4) is 0 Å². The first-order valence-electron chi connectivity index (χ1n) is 7.09. The van der Waals surface area contributed by atoms with E-state index in [9.17, 15) is 9.59 Å². The molecule has 4 nitrogen and oxygen atoms in total. The Labute approximate surface area is 133 Å². The highest BCUT2D eigenvalue weighted by molar-refractivity contribution is 6.30. The van der Waals surface area contributed by atoms with Crippen LogP contribution in [0, 0.1) is 0 Å². The summed E-state index contributed by atoms with van der Waals surface area (Å²) in [7, 11) is 0. The lowest BCUT2D eigenvalue weighted by atomic mass is 10.2. The number of benzene rings is 2. The van der Waals surface area contributed by atoms with Crippen molar-refractivity contribution >= 4 is 34.8 Å². The van der Waals surface area contributed by atoms with E-state index < -0.39 is 6.04 Å². The lowest BCUT2D eigenvalue weighted by molar-refractivity contribution is -0.120. The monoisotopic (exact) mass is 314 g/mol. The Morgan fingerprint density at radius 3 is 2.45 bits per heavy atom. The molecule has 1 saturated heterocycles. The van der Waals surface area contributed by atoms with E-state index in [0.29, 0.717) is 23.6 Å². The van der Waals surface area contributed by atoms with Gasteiger partial charge in [-0.3, -0.25) is 14.5 Å². The van der Waals surface area contributed by atoms with Gasteiger partial charge in [-0.15, -0.1) is 0 Å². The molecular weight excluding hydrogens is 300 g/mol. The first-order chi connectivity index (χ1) is 10.6. The molecule has 0 radical (unpaired) electrons. The zero-order valence-electron chi connectivity index (χ0n) is 11.8. The number of rotatable bonds is 3. The van der Waals surface area contributed by atoms with Crippen LogP contribution in [0.2, 0.25) is 5.02 Å². The molecule has 5 heteroatoms. The molecule has 1 aliphatic heterocycles. The molecule has 1 aliphatic rings. The van der Waals surface area contributed by atoms with Gasteiger partial charge in [-0.25, -0.2) is 0 Å². The number of anilines is 2. The molecular formula is C17H15ClN2O2. The van der Waals surface area contributed by atoms with Crippen LogP contribution in [0.1, 0.15) is 12.8 Å². The van der Waals surface area contributed by atoms with E-state index in [1.165, 1.54) is 0 Å². The van der Waals surface area contributed by atoms with Gasteiger partial charge in [0.05, 0.1) is 0 Å². The van der Waals surface area contributed by atoms with Gasteiger partial charge in [0.1, 0.15) is 6.04 Å². The topological polar surface area (TPSA) is 49.4 Å². The van der Waals surface area contributed by atoms with Crippen molar-refractivity contribution in [3.8, 4) is 0 Å². The summed E-state index contributed by atoms with van der Waals surface area (Å²) < 4.78 is 0. The molecule has 0 saturated carbocycles. The van der Waals surface area contributed by atoms with Crippen LogP contribution in [0.5, 0.6) is 0 Å². The van der Waals surface area contributed by atoms with Crippen molar-refractivity contribution in [1.29, 1.82) is 0 Å². The van der Waals surface area contributed by atoms with E-state index >= 15 is 0 Å². The van der Waals surface area contributed by atoms with Crippen LogP contribution in [-0.4, -0.2) is 17.9 Å². The van der Waals surface area contributed by atoms with Crippen molar-refractivity contribution in [1.82, 2.24) is 0 Å². The van der Waals surface area contributed by atoms with Gasteiger partial charge in [-0.2, -0.15) is 0 Å². The highest BCUT2D eigenvalue weighted by Gasteiger charge is 2.37. The van der Waals surface area contributed by atoms with Crippen molar-refractivity contribution in [3.05, 3.63) is 59.6 Å². The number of halogens is 1. The van der Waals surface area contributed by atoms with Crippen molar-refractivity contribution in [2.45, 2.75) is 18.9 Å². The summed E-state index contributed by atoms with van der Waals surface area (Å²) in [4.78, 5) is 26.2. The van der Waals surface area contributed by atoms with E-state index in [1.807, 2.05) is 30.3 Å². The Kier molecular flexibility index (Phi) is 4.11. The Bertz CT molecular complexity index is 686. The number of hydrogen-bond acceptors (Lipinski definition) is 2. The second kappa shape index (κ2) is 6.20. The predicted molar refractivity (Wildman–Crippen MR) is 87.0 cm³/mol. The summed E-state index contributed by atoms with van der Waals surface area (Å²) in [5, 5.41) is 3.45. The summed E-state index contributed by atoms with van der Waals surface area (Å²) in [5.74, 6) is -0.220. The third-order valence-electron chi connectivity index (χ3n) is 3.66. The molecule has 0 bridgehead atoms. The van der Waals surface area contributed by atoms with Gasteiger partial charge < -0.3 is 5.32 Å². The van der Waals surface area contributed by atoms with Crippen LogP contribution < -0.4 is 10.2 Å². The van der Waals surface area contributed by atoms with Crippen molar-refractivity contribution < 1.29 is 9.59 Å². The van der Waals surface area contributed by atoms with Crippen LogP contribution >= 0.6 is 11.6 Å². The van der Waals surface area contributed by atoms with E-state index in [2.05, 4.69) is 5.32 Å². The van der Waals surface area contributed by atoms with E-state index in [4.69, 9.17) is 11.6 Å². The van der Waals surface area contributed by atoms with E-state index in [0.717, 1.165) is 5.69 Å². The number of hydrogen-bond donors (Lipinski definition) is 1. The second-order valence-electron chi connectivity index (χ2n) is 5.15. The molecule has 1 fully saturated rings. The number of carbonyl (C=O) groups excluding carboxylic acids is 2. The normalized spacial score (nSPS) is 17.6. The maximum Gasteiger partial charge on any atom is 0.247 e. The van der Waals surface area contributed by atoms with Gasteiger partial charge in [0, 0.05) is 22.8 Å². The summed E-state index contributed by atoms with van der Waals surface area (Å²) in [6.45, 7) is 0. The molecule has 2 aromatic rings. The Morgan fingerprint density at radius 1 is 1.09 bits per heavy atom. The molecule has 0 aliphatic carbocycles. The first-order valence-corrected chi connectivity index (χ1v) is 7.46. The summed E-state index contributed by atoms with van der Waals surface area (Å²) in [6.07, 6.45) is 0.885. The summed E-state index contributed by atoms with van der Waals surface area (Å²) >= 11 is 5.88. The molecule has 1 atom stereocenters. The summed E-state index contributed by atoms with van der Waals surface area (Å²) in [5.41, 5.74) is 1.42. The largest absolute Gasteiger partial charge is 0.324 e. The zero-order valence-corrected chi connectivity index (χ0v) is 12.6. The number of amides is 2. The fourth-order valence-corrected chi connectivity index (χ4v) is 2.73. The maximum absolute atomic E-state index is 12.5. The predicted octanol–water partition coefficient (Wildman–Crippen LogP) is 3.47. The third-order valence-corrected chi connectivity index (χ3v) is 3.91. The number of nitrogens with zero attached hydrogens (tertiary/aromatic N) is 1. The number of nitrogens with one attached hydrogen (secondary N) is 1. The molecule has 2 amide bonds. The fraction of sp³-hybridized carbons (Fsp3) is 0.176. The average molecular weight is 315 g/mol. The zero-order chi connectivity index (χ0) is 15.5. The molecule has 1 N–H and O–H groups in total. The van der Waals surface area contributed by atoms with E-state index in [1.54, 1.807) is 29.2 Å². The van der Waals surface area contributed by atoms with Crippen molar-refractivity contribution in [2.75, 3.05) is 10.2 Å². The second-order valence-corrected chi connectivity index (χ2v) is 5.59. The average Bonchev–Trinajstić information content (AvgIpc) is 2.91. The lowest BCUT2D eigenvalue weighted by Gasteiger charge is -2.24. The number of para-hydroxylation sites is 1. The minimum absolute atomic E-state index is 0.0458. The molecule has 0 aromatic heterocycles. The Balaban J connectivity index is 1.81. The summed E-state index contributed by atoms with van der Waals surface area (Å²) in [6, 6.07) is 15.7. The minimum atomic E-state index is -0.492. The van der Waals surface area contributed by atoms with Crippen LogP contribution in [0.4, 0.5) is 11.4 Å². The molecule has 0 spiro atoms. The van der Waals surface area contributed by atoms with Crippen molar-refractivity contribution in [2.24, 2.45) is 0 Å². The van der Waals surface area contributed by atoms with Gasteiger partial charge in [0.2, 0.25) is 11.8 Å². The van der Waals surface area contributed by atoms with Gasteiger partial charge in [0.25, 0.3) is 0 Å². The highest BCUT2D eigenvalue weighted by atomic mass is 35.5. The molecule has 22 heavy (non-hydrogen) atoms. The molecule has 1 heterocycles. The molecule has 3 rings (SSSR count). The fourth-order valence-electron chi connectivity index (χ4n) is 2.60. The smallest absolute Gasteiger partial charge is 0.247 e. The Hall–Kier alpha value is -2.33. The van der Waals surface area contributed by atoms with Gasteiger partial charge in [-0.1, -0.05) is 29.8 Å². The van der Waals surface area contributed by atoms with Crippen LogP contribution in [0.15, 0.2) is 54.6 Å². The van der Waals surface area contributed by atoms with Gasteiger partial charge in [-0.05, 0) is 42.8 Å². The quantitative estimate of drug-likeness (QED) is 0.943.